The Bertz CT molecular complexity index is 391. The molecule has 0 saturated carbocycles. The standard InChI is InChI=1S/C7H9BrN2O2S/c8-7-3-6(4-10-5-7)1-2-13(9,11)12/h3-5H,1-2H2,(H2,9,11,12). The summed E-state index contributed by atoms with van der Waals surface area (Å²) in [5, 5.41) is 4.86. The van der Waals surface area contributed by atoms with Gasteiger partial charge in [0.05, 0.1) is 5.75 Å². The smallest absolute Gasteiger partial charge is 0.209 e. The van der Waals surface area contributed by atoms with Crippen molar-refractivity contribution in [1.29, 1.82) is 0 Å². The molecule has 0 radical (unpaired) electrons. The highest BCUT2D eigenvalue weighted by atomic mass is 79.9. The Balaban J connectivity index is 2.65. The number of nitrogens with two attached hydrogens (primary N) is 1. The Hall–Kier alpha value is -0.460. The predicted molar refractivity (Wildman–Crippen MR) is 53.6 cm³/mol. The van der Waals surface area contributed by atoms with Gasteiger partial charge in [0.1, 0.15) is 0 Å². The zero-order valence-electron chi connectivity index (χ0n) is 6.77. The second-order valence-electron chi connectivity index (χ2n) is 2.63. The second kappa shape index (κ2) is 4.17. The number of nitrogens with zero attached hydrogens (tertiary/aromatic N) is 1. The van der Waals surface area contributed by atoms with Gasteiger partial charge in [0.15, 0.2) is 0 Å². The maximum Gasteiger partial charge on any atom is 0.209 e. The molecule has 0 aliphatic heterocycles. The molecule has 0 aliphatic carbocycles. The largest absolute Gasteiger partial charge is 0.263 e. The number of sulfonamides is 1. The second-order valence-corrected chi connectivity index (χ2v) is 5.28. The third-order valence-corrected chi connectivity index (χ3v) is 2.64. The van der Waals surface area contributed by atoms with Crippen molar-refractivity contribution >= 4 is 26.0 Å². The highest BCUT2D eigenvalue weighted by Gasteiger charge is 2.03. The SMILES string of the molecule is NS(=O)(=O)CCc1cncc(Br)c1. The van der Waals surface area contributed by atoms with Gasteiger partial charge in [0, 0.05) is 16.9 Å². The summed E-state index contributed by atoms with van der Waals surface area (Å²) in [5.41, 5.74) is 0.850. The van der Waals surface area contributed by atoms with E-state index in [2.05, 4.69) is 20.9 Å². The van der Waals surface area contributed by atoms with Gasteiger partial charge in [0.25, 0.3) is 0 Å². The maximum atomic E-state index is 10.6. The van der Waals surface area contributed by atoms with E-state index in [0.29, 0.717) is 6.42 Å². The normalized spacial score (nSPS) is 11.5. The lowest BCUT2D eigenvalue weighted by Crippen LogP contribution is -2.17. The minimum atomic E-state index is -3.38. The Morgan fingerprint density at radius 3 is 2.69 bits per heavy atom. The third kappa shape index (κ3) is 4.35. The van der Waals surface area contributed by atoms with Crippen LogP contribution in [0.1, 0.15) is 5.56 Å². The van der Waals surface area contributed by atoms with Crippen molar-refractivity contribution < 1.29 is 8.42 Å². The molecule has 0 spiro atoms. The van der Waals surface area contributed by atoms with Crippen LogP contribution in [0.2, 0.25) is 0 Å². The summed E-state index contributed by atoms with van der Waals surface area (Å²) in [4.78, 5) is 3.90. The molecule has 0 saturated heterocycles. The molecule has 1 heterocycles. The molecule has 0 aromatic carbocycles. The number of aryl methyl sites for hydroxylation is 1. The zero-order chi connectivity index (χ0) is 9.90. The molecule has 6 heteroatoms. The highest BCUT2D eigenvalue weighted by molar-refractivity contribution is 9.10. The lowest BCUT2D eigenvalue weighted by Gasteiger charge is -1.99. The molecule has 2 N–H and O–H groups in total. The summed E-state index contributed by atoms with van der Waals surface area (Å²) in [6.07, 6.45) is 3.65. The van der Waals surface area contributed by atoms with Crippen LogP contribution in [0, 0.1) is 0 Å². The molecule has 0 unspecified atom stereocenters. The van der Waals surface area contributed by atoms with Crippen LogP contribution in [0.15, 0.2) is 22.9 Å². The molecule has 1 aromatic heterocycles. The first kappa shape index (κ1) is 10.6. The topological polar surface area (TPSA) is 73.1 Å². The van der Waals surface area contributed by atoms with Crippen LogP contribution in [0.3, 0.4) is 0 Å². The van der Waals surface area contributed by atoms with Crippen molar-refractivity contribution in [3.05, 3.63) is 28.5 Å². The molecule has 72 valence electrons. The monoisotopic (exact) mass is 264 g/mol. The van der Waals surface area contributed by atoms with Crippen molar-refractivity contribution in [2.45, 2.75) is 6.42 Å². The van der Waals surface area contributed by atoms with E-state index in [4.69, 9.17) is 5.14 Å². The van der Waals surface area contributed by atoms with Gasteiger partial charge in [-0.25, -0.2) is 13.6 Å². The summed E-state index contributed by atoms with van der Waals surface area (Å²) < 4.78 is 22.1. The first-order valence-electron chi connectivity index (χ1n) is 3.57. The average molecular weight is 265 g/mol. The minimum Gasteiger partial charge on any atom is -0.263 e. The molecular formula is C7H9BrN2O2S. The Labute approximate surface area is 85.3 Å². The molecule has 0 aliphatic rings. The molecule has 0 fully saturated rings. The average Bonchev–Trinajstić information content (AvgIpc) is 2.00. The molecule has 0 bridgehead atoms. The summed E-state index contributed by atoms with van der Waals surface area (Å²) in [5.74, 6) is -0.0505. The zero-order valence-corrected chi connectivity index (χ0v) is 9.18. The summed E-state index contributed by atoms with van der Waals surface area (Å²) >= 11 is 3.24. The van der Waals surface area contributed by atoms with Gasteiger partial charge in [-0.2, -0.15) is 0 Å². The van der Waals surface area contributed by atoms with E-state index in [1.54, 1.807) is 12.4 Å². The molecule has 13 heavy (non-hydrogen) atoms. The number of primary sulfonamides is 1. The van der Waals surface area contributed by atoms with Crippen LogP contribution in [-0.2, 0) is 16.4 Å². The number of aromatic nitrogens is 1. The van der Waals surface area contributed by atoms with Crippen LogP contribution in [0.4, 0.5) is 0 Å². The lowest BCUT2D eigenvalue weighted by atomic mass is 10.2. The van der Waals surface area contributed by atoms with Crippen molar-refractivity contribution in [3.63, 3.8) is 0 Å². The first-order valence-corrected chi connectivity index (χ1v) is 6.08. The number of pyridine rings is 1. The lowest BCUT2D eigenvalue weighted by molar-refractivity contribution is 0.597. The molecule has 0 atom stereocenters. The molecule has 0 amide bonds. The number of hydrogen-bond acceptors (Lipinski definition) is 3. The van der Waals surface area contributed by atoms with E-state index in [1.807, 2.05) is 6.07 Å². The summed E-state index contributed by atoms with van der Waals surface area (Å²) in [6, 6.07) is 1.82. The van der Waals surface area contributed by atoms with Crippen LogP contribution >= 0.6 is 15.9 Å². The van der Waals surface area contributed by atoms with Gasteiger partial charge in [0.2, 0.25) is 10.0 Å². The fourth-order valence-electron chi connectivity index (χ4n) is 0.853. The van der Waals surface area contributed by atoms with Gasteiger partial charge in [-0.1, -0.05) is 0 Å². The van der Waals surface area contributed by atoms with Gasteiger partial charge < -0.3 is 0 Å². The van der Waals surface area contributed by atoms with E-state index in [-0.39, 0.29) is 5.75 Å². The Morgan fingerprint density at radius 2 is 2.15 bits per heavy atom. The van der Waals surface area contributed by atoms with Crippen LogP contribution < -0.4 is 5.14 Å². The summed E-state index contributed by atoms with van der Waals surface area (Å²) in [7, 11) is -3.38. The van der Waals surface area contributed by atoms with E-state index < -0.39 is 10.0 Å². The quantitative estimate of drug-likeness (QED) is 0.873. The van der Waals surface area contributed by atoms with Crippen LogP contribution in [0.5, 0.6) is 0 Å². The summed E-state index contributed by atoms with van der Waals surface area (Å²) in [6.45, 7) is 0. The van der Waals surface area contributed by atoms with E-state index >= 15 is 0 Å². The van der Waals surface area contributed by atoms with Crippen molar-refractivity contribution in [1.82, 2.24) is 4.98 Å². The third-order valence-electron chi connectivity index (χ3n) is 1.44. The number of hydrogen-bond donors (Lipinski definition) is 1. The maximum absolute atomic E-state index is 10.6. The van der Waals surface area contributed by atoms with Gasteiger partial charge in [-0.05, 0) is 34.0 Å². The van der Waals surface area contributed by atoms with Crippen LogP contribution in [0.25, 0.3) is 0 Å². The molecule has 4 nitrogen and oxygen atoms in total. The van der Waals surface area contributed by atoms with E-state index in [9.17, 15) is 8.42 Å². The van der Waals surface area contributed by atoms with Crippen LogP contribution in [-0.4, -0.2) is 19.2 Å². The first-order chi connectivity index (χ1) is 5.97. The fraction of sp³-hybridized carbons (Fsp3) is 0.286. The van der Waals surface area contributed by atoms with Crippen molar-refractivity contribution in [2.24, 2.45) is 5.14 Å². The van der Waals surface area contributed by atoms with Gasteiger partial charge in [-0.15, -0.1) is 0 Å². The van der Waals surface area contributed by atoms with Gasteiger partial charge >= 0.3 is 0 Å². The van der Waals surface area contributed by atoms with Gasteiger partial charge in [-0.3, -0.25) is 4.98 Å². The Kier molecular flexibility index (Phi) is 3.40. The number of rotatable bonds is 3. The molecule has 1 rings (SSSR count). The number of halogens is 1. The fourth-order valence-corrected chi connectivity index (χ4v) is 1.79. The highest BCUT2D eigenvalue weighted by Crippen LogP contribution is 2.10. The Morgan fingerprint density at radius 1 is 1.46 bits per heavy atom. The minimum absolute atomic E-state index is 0.0505. The van der Waals surface area contributed by atoms with E-state index in [0.717, 1.165) is 10.0 Å². The van der Waals surface area contributed by atoms with Crippen molar-refractivity contribution in [3.8, 4) is 0 Å². The van der Waals surface area contributed by atoms with Crippen molar-refractivity contribution in [2.75, 3.05) is 5.75 Å². The molecule has 1 aromatic rings. The molecular weight excluding hydrogens is 256 g/mol. The van der Waals surface area contributed by atoms with E-state index in [1.165, 1.54) is 0 Å². The predicted octanol–water partition coefficient (Wildman–Crippen LogP) is 0.675.